The van der Waals surface area contributed by atoms with Gasteiger partial charge in [0.1, 0.15) is 0 Å². The van der Waals surface area contributed by atoms with Crippen LogP contribution in [0.25, 0.3) is 11.1 Å². The number of fused-ring (bicyclic) bond motifs is 1. The van der Waals surface area contributed by atoms with Crippen LogP contribution in [0.5, 0.6) is 0 Å². The van der Waals surface area contributed by atoms with E-state index in [1.807, 2.05) is 18.2 Å². The molecule has 0 spiro atoms. The van der Waals surface area contributed by atoms with Gasteiger partial charge in [0.15, 0.2) is 5.58 Å². The van der Waals surface area contributed by atoms with E-state index < -0.39 is 0 Å². The predicted molar refractivity (Wildman–Crippen MR) is 93.9 cm³/mol. The van der Waals surface area contributed by atoms with Crippen molar-refractivity contribution in [2.45, 2.75) is 52.1 Å². The first kappa shape index (κ1) is 18.3. The van der Waals surface area contributed by atoms with Gasteiger partial charge in [-0.05, 0) is 39.3 Å². The van der Waals surface area contributed by atoms with Crippen LogP contribution in [0.2, 0.25) is 0 Å². The minimum Gasteiger partial charge on any atom is -0.408 e. The van der Waals surface area contributed by atoms with Crippen LogP contribution in [0, 0.1) is 0 Å². The Morgan fingerprint density at radius 2 is 2.00 bits per heavy atom. The SMILES string of the molecule is CC(C)(C)[NH2+]CCCNC(=O)CCCn1c(=O)oc2ccccc21. The highest BCUT2D eigenvalue weighted by Gasteiger charge is 2.12. The maximum Gasteiger partial charge on any atom is 0.419 e. The van der Waals surface area contributed by atoms with Crippen LogP contribution < -0.4 is 16.4 Å². The summed E-state index contributed by atoms with van der Waals surface area (Å²) in [4.78, 5) is 23.7. The van der Waals surface area contributed by atoms with Gasteiger partial charge in [-0.3, -0.25) is 9.36 Å². The van der Waals surface area contributed by atoms with Gasteiger partial charge < -0.3 is 15.1 Å². The largest absolute Gasteiger partial charge is 0.419 e. The fourth-order valence-electron chi connectivity index (χ4n) is 2.58. The lowest BCUT2D eigenvalue weighted by Crippen LogP contribution is -2.94. The highest BCUT2D eigenvalue weighted by Crippen LogP contribution is 2.12. The fourth-order valence-corrected chi connectivity index (χ4v) is 2.58. The van der Waals surface area contributed by atoms with Crippen molar-refractivity contribution >= 4 is 17.0 Å². The normalized spacial score (nSPS) is 11.8. The molecule has 2 rings (SSSR count). The third kappa shape index (κ3) is 5.53. The number of oxazole rings is 1. The zero-order valence-corrected chi connectivity index (χ0v) is 14.8. The first-order chi connectivity index (χ1) is 11.4. The van der Waals surface area contributed by atoms with Gasteiger partial charge in [-0.15, -0.1) is 0 Å². The van der Waals surface area contributed by atoms with Gasteiger partial charge >= 0.3 is 5.76 Å². The van der Waals surface area contributed by atoms with Crippen molar-refractivity contribution in [1.82, 2.24) is 9.88 Å². The van der Waals surface area contributed by atoms with E-state index in [-0.39, 0.29) is 17.2 Å². The molecule has 0 fully saturated rings. The van der Waals surface area contributed by atoms with E-state index in [1.165, 1.54) is 0 Å². The molecule has 0 atom stereocenters. The lowest BCUT2D eigenvalue weighted by atomic mass is 10.1. The second-order valence-corrected chi connectivity index (χ2v) is 7.15. The zero-order valence-electron chi connectivity index (χ0n) is 14.8. The molecule has 0 aliphatic rings. The van der Waals surface area contributed by atoms with Gasteiger partial charge in [0.25, 0.3) is 0 Å². The number of nitrogens with one attached hydrogen (secondary N) is 1. The quantitative estimate of drug-likeness (QED) is 0.713. The number of carbonyl (C=O) groups excluding carboxylic acids is 1. The molecule has 1 aromatic carbocycles. The van der Waals surface area contributed by atoms with E-state index in [2.05, 4.69) is 31.4 Å². The average Bonchev–Trinajstić information content (AvgIpc) is 2.82. The Morgan fingerprint density at radius 3 is 2.75 bits per heavy atom. The minimum atomic E-state index is -0.366. The number of nitrogens with zero attached hydrogens (tertiary/aromatic N) is 1. The monoisotopic (exact) mass is 334 g/mol. The Balaban J connectivity index is 1.69. The van der Waals surface area contributed by atoms with Crippen molar-refractivity contribution in [3.8, 4) is 0 Å². The molecule has 0 radical (unpaired) electrons. The molecule has 1 amide bonds. The number of para-hydroxylation sites is 2. The molecule has 24 heavy (non-hydrogen) atoms. The second-order valence-electron chi connectivity index (χ2n) is 7.15. The number of hydrogen-bond donors (Lipinski definition) is 2. The van der Waals surface area contributed by atoms with Crippen molar-refractivity contribution in [2.24, 2.45) is 0 Å². The summed E-state index contributed by atoms with van der Waals surface area (Å²) in [6, 6.07) is 7.33. The standard InChI is InChI=1S/C18H27N3O3/c1-18(2,3)20-12-7-11-19-16(22)10-6-13-21-14-8-4-5-9-15(14)24-17(21)23/h4-5,8-9,20H,6-7,10-13H2,1-3H3,(H,19,22)/p+1. The molecule has 0 saturated carbocycles. The number of hydrogen-bond acceptors (Lipinski definition) is 3. The summed E-state index contributed by atoms with van der Waals surface area (Å²) in [6.07, 6.45) is 1.98. The number of carbonyl (C=O) groups is 1. The molecule has 0 aliphatic heterocycles. The van der Waals surface area contributed by atoms with E-state index in [4.69, 9.17) is 4.42 Å². The molecular formula is C18H28N3O3+. The van der Waals surface area contributed by atoms with Gasteiger partial charge in [-0.1, -0.05) is 12.1 Å². The maximum atomic E-state index is 11.8. The van der Waals surface area contributed by atoms with Gasteiger partial charge in [0.05, 0.1) is 17.6 Å². The molecule has 3 N–H and O–H groups in total. The predicted octanol–water partition coefficient (Wildman–Crippen LogP) is 1.24. The Hall–Kier alpha value is -2.08. The summed E-state index contributed by atoms with van der Waals surface area (Å²) in [7, 11) is 0. The van der Waals surface area contributed by atoms with Crippen molar-refractivity contribution in [3.05, 3.63) is 34.8 Å². The van der Waals surface area contributed by atoms with Crippen molar-refractivity contribution in [1.29, 1.82) is 0 Å². The maximum absolute atomic E-state index is 11.8. The first-order valence-corrected chi connectivity index (χ1v) is 8.56. The van der Waals surface area contributed by atoms with E-state index in [9.17, 15) is 9.59 Å². The molecule has 0 saturated heterocycles. The Bertz CT molecular complexity index is 725. The van der Waals surface area contributed by atoms with Crippen LogP contribution in [0.1, 0.15) is 40.0 Å². The summed E-state index contributed by atoms with van der Waals surface area (Å²) in [6.45, 7) is 8.70. The van der Waals surface area contributed by atoms with Gasteiger partial charge in [-0.25, -0.2) is 4.79 Å². The van der Waals surface area contributed by atoms with E-state index in [1.54, 1.807) is 10.6 Å². The average molecular weight is 334 g/mol. The molecule has 1 heterocycles. The molecule has 1 aromatic heterocycles. The van der Waals surface area contributed by atoms with E-state index >= 15 is 0 Å². The van der Waals surface area contributed by atoms with Crippen LogP contribution in [-0.4, -0.2) is 29.1 Å². The van der Waals surface area contributed by atoms with Gasteiger partial charge in [0.2, 0.25) is 5.91 Å². The number of aryl methyl sites for hydroxylation is 1. The number of aromatic nitrogens is 1. The molecule has 2 aromatic rings. The minimum absolute atomic E-state index is 0.0339. The third-order valence-corrected chi connectivity index (χ3v) is 3.82. The third-order valence-electron chi connectivity index (χ3n) is 3.82. The highest BCUT2D eigenvalue weighted by atomic mass is 16.4. The molecule has 0 unspecified atom stereocenters. The first-order valence-electron chi connectivity index (χ1n) is 8.56. The molecule has 6 nitrogen and oxygen atoms in total. The zero-order chi connectivity index (χ0) is 17.6. The topological polar surface area (TPSA) is 80.9 Å². The van der Waals surface area contributed by atoms with Crippen molar-refractivity contribution < 1.29 is 14.5 Å². The van der Waals surface area contributed by atoms with Gasteiger partial charge in [-0.2, -0.15) is 0 Å². The fraction of sp³-hybridized carbons (Fsp3) is 0.556. The summed E-state index contributed by atoms with van der Waals surface area (Å²) in [5.41, 5.74) is 1.59. The Morgan fingerprint density at radius 1 is 1.25 bits per heavy atom. The van der Waals surface area contributed by atoms with Gasteiger partial charge in [0, 0.05) is 25.9 Å². The number of amides is 1. The smallest absolute Gasteiger partial charge is 0.408 e. The Labute approximate surface area is 142 Å². The number of benzene rings is 1. The number of nitrogens with two attached hydrogens (primary N) is 1. The van der Waals surface area contributed by atoms with Crippen LogP contribution in [0.3, 0.4) is 0 Å². The molecule has 0 aliphatic carbocycles. The lowest BCUT2D eigenvalue weighted by molar-refractivity contribution is -0.717. The summed E-state index contributed by atoms with van der Waals surface area (Å²) >= 11 is 0. The molecule has 132 valence electrons. The summed E-state index contributed by atoms with van der Waals surface area (Å²) < 4.78 is 6.76. The molecule has 6 heteroatoms. The number of rotatable bonds is 8. The highest BCUT2D eigenvalue weighted by molar-refractivity contribution is 5.76. The second kappa shape index (κ2) is 8.15. The molecule has 0 bridgehead atoms. The van der Waals surface area contributed by atoms with Crippen LogP contribution >= 0.6 is 0 Å². The van der Waals surface area contributed by atoms with Crippen LogP contribution in [0.15, 0.2) is 33.5 Å². The van der Waals surface area contributed by atoms with E-state index in [0.29, 0.717) is 31.5 Å². The Kier molecular flexibility index (Phi) is 6.20. The molecular weight excluding hydrogens is 306 g/mol. The lowest BCUT2D eigenvalue weighted by Gasteiger charge is -2.16. The summed E-state index contributed by atoms with van der Waals surface area (Å²) in [5, 5.41) is 5.20. The van der Waals surface area contributed by atoms with Crippen LogP contribution in [-0.2, 0) is 11.3 Å². The van der Waals surface area contributed by atoms with Crippen molar-refractivity contribution in [2.75, 3.05) is 13.1 Å². The van der Waals surface area contributed by atoms with Crippen LogP contribution in [0.4, 0.5) is 0 Å². The number of quaternary nitrogens is 1. The summed E-state index contributed by atoms with van der Waals surface area (Å²) in [5.74, 6) is -0.332. The van der Waals surface area contributed by atoms with E-state index in [0.717, 1.165) is 18.5 Å². The van der Waals surface area contributed by atoms with Crippen molar-refractivity contribution in [3.63, 3.8) is 0 Å².